The molecule has 20 heavy (non-hydrogen) atoms. The zero-order valence-corrected chi connectivity index (χ0v) is 12.4. The average Bonchev–Trinajstić information content (AvgIpc) is 2.68. The number of nitrogens with two attached hydrogens (primary N) is 1. The summed E-state index contributed by atoms with van der Waals surface area (Å²) in [7, 11) is 0. The number of aromatic nitrogens is 3. The van der Waals surface area contributed by atoms with Gasteiger partial charge in [0.2, 0.25) is 5.95 Å². The molecule has 0 unspecified atom stereocenters. The van der Waals surface area contributed by atoms with E-state index in [0.717, 1.165) is 41.5 Å². The van der Waals surface area contributed by atoms with Gasteiger partial charge in [0.05, 0.1) is 22.0 Å². The van der Waals surface area contributed by atoms with E-state index >= 15 is 0 Å². The van der Waals surface area contributed by atoms with Crippen LogP contribution in [0, 0.1) is 13.8 Å². The zero-order valence-electron chi connectivity index (χ0n) is 11.6. The Morgan fingerprint density at radius 3 is 2.90 bits per heavy atom. The summed E-state index contributed by atoms with van der Waals surface area (Å²) >= 11 is 1.72. The van der Waals surface area contributed by atoms with Gasteiger partial charge in [0.15, 0.2) is 0 Å². The van der Waals surface area contributed by atoms with E-state index in [1.165, 1.54) is 4.88 Å². The second-order valence-electron chi connectivity index (χ2n) is 5.08. The fourth-order valence-electron chi connectivity index (χ4n) is 2.56. The molecule has 1 aliphatic heterocycles. The number of thiazole rings is 1. The second kappa shape index (κ2) is 4.99. The summed E-state index contributed by atoms with van der Waals surface area (Å²) in [5, 5.41) is 1.09. The van der Waals surface area contributed by atoms with Crippen molar-refractivity contribution in [2.75, 3.05) is 12.3 Å². The molecular weight excluding hydrogens is 274 g/mol. The number of hydrogen-bond donors (Lipinski definition) is 2. The van der Waals surface area contributed by atoms with Crippen LogP contribution in [0.1, 0.15) is 26.8 Å². The lowest BCUT2D eigenvalue weighted by atomic mass is 10.1. The maximum absolute atomic E-state index is 11.9. The first-order valence-electron chi connectivity index (χ1n) is 6.55. The largest absolute Gasteiger partial charge is 0.369 e. The van der Waals surface area contributed by atoms with Gasteiger partial charge in [-0.15, -0.1) is 11.3 Å². The van der Waals surface area contributed by atoms with Crippen LogP contribution < -0.4 is 11.3 Å². The minimum atomic E-state index is -0.116. The van der Waals surface area contributed by atoms with Gasteiger partial charge in [0.1, 0.15) is 0 Å². The van der Waals surface area contributed by atoms with E-state index in [4.69, 9.17) is 5.73 Å². The lowest BCUT2D eigenvalue weighted by Crippen LogP contribution is -2.35. The van der Waals surface area contributed by atoms with Crippen LogP contribution in [0.2, 0.25) is 0 Å². The Kier molecular flexibility index (Phi) is 3.31. The van der Waals surface area contributed by atoms with Gasteiger partial charge in [-0.25, -0.2) is 9.97 Å². The quantitative estimate of drug-likeness (QED) is 0.861. The molecule has 0 saturated heterocycles. The van der Waals surface area contributed by atoms with E-state index in [1.807, 2.05) is 13.8 Å². The average molecular weight is 291 g/mol. The van der Waals surface area contributed by atoms with Crippen molar-refractivity contribution in [2.45, 2.75) is 33.4 Å². The van der Waals surface area contributed by atoms with Crippen molar-refractivity contribution in [2.24, 2.45) is 0 Å². The van der Waals surface area contributed by atoms with Crippen LogP contribution in [0.4, 0.5) is 5.95 Å². The van der Waals surface area contributed by atoms with Crippen LogP contribution in [0.3, 0.4) is 0 Å². The summed E-state index contributed by atoms with van der Waals surface area (Å²) < 4.78 is 0. The first kappa shape index (κ1) is 13.3. The van der Waals surface area contributed by atoms with E-state index in [1.54, 1.807) is 11.3 Å². The summed E-state index contributed by atoms with van der Waals surface area (Å²) in [6.45, 7) is 6.39. The number of nitrogens with one attached hydrogen (secondary N) is 1. The van der Waals surface area contributed by atoms with Crippen molar-refractivity contribution in [1.82, 2.24) is 19.9 Å². The monoisotopic (exact) mass is 291 g/mol. The zero-order chi connectivity index (χ0) is 14.3. The van der Waals surface area contributed by atoms with Crippen LogP contribution in [-0.2, 0) is 19.5 Å². The smallest absolute Gasteiger partial charge is 0.257 e. The highest BCUT2D eigenvalue weighted by Crippen LogP contribution is 2.22. The number of nitrogens with zero attached hydrogens (tertiary/aromatic N) is 3. The molecule has 0 amide bonds. The van der Waals surface area contributed by atoms with Crippen molar-refractivity contribution in [3.05, 3.63) is 37.2 Å². The van der Waals surface area contributed by atoms with Crippen LogP contribution >= 0.6 is 11.3 Å². The van der Waals surface area contributed by atoms with Gasteiger partial charge < -0.3 is 5.73 Å². The molecule has 0 aliphatic carbocycles. The molecule has 6 nitrogen and oxygen atoms in total. The maximum Gasteiger partial charge on any atom is 0.257 e. The molecule has 1 aliphatic rings. The number of fused-ring (bicyclic) bond motifs is 1. The number of nitrogen functional groups attached to an aromatic ring is 1. The highest BCUT2D eigenvalue weighted by atomic mass is 32.1. The van der Waals surface area contributed by atoms with Crippen molar-refractivity contribution in [3.8, 4) is 0 Å². The number of rotatable bonds is 2. The molecule has 0 atom stereocenters. The van der Waals surface area contributed by atoms with Crippen molar-refractivity contribution >= 4 is 17.3 Å². The molecule has 0 saturated carbocycles. The van der Waals surface area contributed by atoms with Gasteiger partial charge >= 0.3 is 0 Å². The maximum atomic E-state index is 11.9. The third kappa shape index (κ3) is 2.46. The number of anilines is 1. The summed E-state index contributed by atoms with van der Waals surface area (Å²) in [4.78, 5) is 26.7. The van der Waals surface area contributed by atoms with E-state index in [9.17, 15) is 4.79 Å². The van der Waals surface area contributed by atoms with Crippen molar-refractivity contribution in [3.63, 3.8) is 0 Å². The highest BCUT2D eigenvalue weighted by molar-refractivity contribution is 7.11. The molecule has 106 valence electrons. The minimum Gasteiger partial charge on any atom is -0.369 e. The minimum absolute atomic E-state index is 0.116. The molecule has 3 rings (SSSR count). The van der Waals surface area contributed by atoms with Gasteiger partial charge in [-0.05, 0) is 13.8 Å². The van der Waals surface area contributed by atoms with E-state index in [2.05, 4.69) is 19.9 Å². The number of aryl methyl sites for hydroxylation is 2. The summed E-state index contributed by atoms with van der Waals surface area (Å²) in [6, 6.07) is 0. The SMILES string of the molecule is Cc1nc(C)c(CN2CCc3nc(N)[nH]c(=O)c3C2)s1. The lowest BCUT2D eigenvalue weighted by molar-refractivity contribution is 0.243. The highest BCUT2D eigenvalue weighted by Gasteiger charge is 2.21. The molecule has 0 fully saturated rings. The molecule has 0 radical (unpaired) electrons. The first-order valence-corrected chi connectivity index (χ1v) is 7.37. The standard InChI is InChI=1S/C13H17N5OS/c1-7-11(20-8(2)15-7)6-18-4-3-10-9(5-18)12(19)17-13(14)16-10/h3-6H2,1-2H3,(H3,14,16,17,19). The molecule has 3 N–H and O–H groups in total. The molecular formula is C13H17N5OS. The predicted molar refractivity (Wildman–Crippen MR) is 78.7 cm³/mol. The Morgan fingerprint density at radius 2 is 2.20 bits per heavy atom. The number of aromatic amines is 1. The van der Waals surface area contributed by atoms with Crippen molar-refractivity contribution < 1.29 is 0 Å². The van der Waals surface area contributed by atoms with Crippen LogP contribution in [0.15, 0.2) is 4.79 Å². The summed E-state index contributed by atoms with van der Waals surface area (Å²) in [5.41, 5.74) is 8.12. The van der Waals surface area contributed by atoms with Gasteiger partial charge in [-0.2, -0.15) is 0 Å². The summed E-state index contributed by atoms with van der Waals surface area (Å²) in [6.07, 6.45) is 0.764. The Balaban J connectivity index is 1.82. The second-order valence-corrected chi connectivity index (χ2v) is 6.37. The molecule has 2 aromatic heterocycles. The number of H-pyrrole nitrogens is 1. The Hall–Kier alpha value is -1.73. The Labute approximate surface area is 120 Å². The van der Waals surface area contributed by atoms with Gasteiger partial charge in [-0.1, -0.05) is 0 Å². The molecule has 7 heteroatoms. The van der Waals surface area contributed by atoms with Gasteiger partial charge in [0, 0.05) is 30.9 Å². The van der Waals surface area contributed by atoms with Crippen LogP contribution in [0.5, 0.6) is 0 Å². The molecule has 2 aromatic rings. The molecule has 0 spiro atoms. The third-order valence-electron chi connectivity index (χ3n) is 3.53. The Morgan fingerprint density at radius 1 is 1.40 bits per heavy atom. The van der Waals surface area contributed by atoms with Gasteiger partial charge in [-0.3, -0.25) is 14.7 Å². The molecule has 0 bridgehead atoms. The van der Waals surface area contributed by atoms with Gasteiger partial charge in [0.25, 0.3) is 5.56 Å². The van der Waals surface area contributed by atoms with E-state index in [0.29, 0.717) is 6.54 Å². The van der Waals surface area contributed by atoms with E-state index in [-0.39, 0.29) is 11.5 Å². The normalized spacial score (nSPS) is 15.3. The molecule has 3 heterocycles. The third-order valence-corrected chi connectivity index (χ3v) is 4.59. The fourth-order valence-corrected chi connectivity index (χ4v) is 3.54. The predicted octanol–water partition coefficient (Wildman–Crippen LogP) is 0.984. The Bertz CT molecular complexity index is 705. The fraction of sp³-hybridized carbons (Fsp3) is 0.462. The van der Waals surface area contributed by atoms with E-state index < -0.39 is 0 Å². The van der Waals surface area contributed by atoms with Crippen molar-refractivity contribution in [1.29, 1.82) is 0 Å². The molecule has 0 aromatic carbocycles. The van der Waals surface area contributed by atoms with Crippen LogP contribution in [0.25, 0.3) is 0 Å². The van der Waals surface area contributed by atoms with Crippen LogP contribution in [-0.4, -0.2) is 26.4 Å². The topological polar surface area (TPSA) is 87.9 Å². The lowest BCUT2D eigenvalue weighted by Gasteiger charge is -2.27. The number of hydrogen-bond acceptors (Lipinski definition) is 6. The summed E-state index contributed by atoms with van der Waals surface area (Å²) in [5.74, 6) is 0.205. The first-order chi connectivity index (χ1) is 9.52.